The molecule has 0 spiro atoms. The van der Waals surface area contributed by atoms with Gasteiger partial charge in [0.25, 0.3) is 0 Å². The molecule has 4 rings (SSSR count). The maximum atomic E-state index is 5.44. The Labute approximate surface area is 166 Å². The number of aromatic nitrogens is 4. The SMILES string of the molecule is COc1ccc2c(c1)c(CN1CC[C@H](c3n[nH]c(C)n3)[C@H](N(C)C)C1)cn2C. The molecular weight excluding hydrogens is 352 g/mol. The zero-order valence-corrected chi connectivity index (χ0v) is 17.4. The molecule has 1 saturated heterocycles. The second kappa shape index (κ2) is 7.56. The van der Waals surface area contributed by atoms with Crippen LogP contribution in [0, 0.1) is 6.92 Å². The number of nitrogens with one attached hydrogen (secondary N) is 1. The van der Waals surface area contributed by atoms with Crippen LogP contribution in [0.1, 0.15) is 29.6 Å². The highest BCUT2D eigenvalue weighted by Gasteiger charge is 2.34. The number of benzene rings is 1. The average molecular weight is 383 g/mol. The quantitative estimate of drug-likeness (QED) is 0.735. The van der Waals surface area contributed by atoms with Crippen LogP contribution in [-0.2, 0) is 13.6 Å². The molecule has 7 nitrogen and oxygen atoms in total. The number of ether oxygens (including phenoxy) is 1. The number of aromatic amines is 1. The molecule has 0 bridgehead atoms. The maximum Gasteiger partial charge on any atom is 0.155 e. The lowest BCUT2D eigenvalue weighted by atomic mass is 9.89. The molecule has 0 radical (unpaired) electrons. The molecule has 28 heavy (non-hydrogen) atoms. The van der Waals surface area contributed by atoms with E-state index in [0.29, 0.717) is 12.0 Å². The summed E-state index contributed by atoms with van der Waals surface area (Å²) in [5.41, 5.74) is 2.59. The van der Waals surface area contributed by atoms with Crippen LogP contribution in [0.3, 0.4) is 0 Å². The van der Waals surface area contributed by atoms with Crippen molar-refractivity contribution in [3.63, 3.8) is 0 Å². The van der Waals surface area contributed by atoms with Crippen molar-refractivity contribution in [2.45, 2.75) is 31.8 Å². The highest BCUT2D eigenvalue weighted by Crippen LogP contribution is 2.31. The summed E-state index contributed by atoms with van der Waals surface area (Å²) in [7, 11) is 8.15. The predicted molar refractivity (Wildman–Crippen MR) is 111 cm³/mol. The van der Waals surface area contributed by atoms with Crippen LogP contribution < -0.4 is 4.74 Å². The van der Waals surface area contributed by atoms with Crippen molar-refractivity contribution >= 4 is 10.9 Å². The van der Waals surface area contributed by atoms with Gasteiger partial charge in [0, 0.05) is 49.2 Å². The van der Waals surface area contributed by atoms with Gasteiger partial charge in [0.05, 0.1) is 7.11 Å². The molecule has 0 unspecified atom stereocenters. The number of hydrogen-bond donors (Lipinski definition) is 1. The molecule has 1 aliphatic heterocycles. The third kappa shape index (κ3) is 3.52. The topological polar surface area (TPSA) is 62.2 Å². The minimum Gasteiger partial charge on any atom is -0.497 e. The van der Waals surface area contributed by atoms with Crippen LogP contribution in [0.2, 0.25) is 0 Å². The smallest absolute Gasteiger partial charge is 0.155 e. The van der Waals surface area contributed by atoms with Gasteiger partial charge in [-0.3, -0.25) is 10.00 Å². The molecule has 2 atom stereocenters. The summed E-state index contributed by atoms with van der Waals surface area (Å²) in [6.45, 7) is 4.95. The number of fused-ring (bicyclic) bond motifs is 1. The van der Waals surface area contributed by atoms with E-state index in [1.165, 1.54) is 16.5 Å². The number of aryl methyl sites for hydroxylation is 2. The summed E-state index contributed by atoms with van der Waals surface area (Å²) in [4.78, 5) is 9.47. The molecule has 3 heterocycles. The van der Waals surface area contributed by atoms with E-state index in [4.69, 9.17) is 4.74 Å². The fourth-order valence-electron chi connectivity index (χ4n) is 4.44. The molecule has 1 fully saturated rings. The number of nitrogens with zero attached hydrogens (tertiary/aromatic N) is 5. The van der Waals surface area contributed by atoms with Gasteiger partial charge in [0.1, 0.15) is 11.6 Å². The number of rotatable bonds is 5. The molecule has 1 aliphatic rings. The number of likely N-dealkylation sites (tertiary alicyclic amines) is 1. The molecule has 3 aromatic rings. The van der Waals surface area contributed by atoms with Crippen LogP contribution in [0.4, 0.5) is 0 Å². The summed E-state index contributed by atoms with van der Waals surface area (Å²) >= 11 is 0. The minimum atomic E-state index is 0.365. The molecule has 0 aliphatic carbocycles. The van der Waals surface area contributed by atoms with Gasteiger partial charge in [-0.25, -0.2) is 4.98 Å². The fraction of sp³-hybridized carbons (Fsp3) is 0.524. The Morgan fingerprint density at radius 1 is 1.32 bits per heavy atom. The van der Waals surface area contributed by atoms with E-state index in [0.717, 1.165) is 43.5 Å². The van der Waals surface area contributed by atoms with Crippen molar-refractivity contribution in [2.75, 3.05) is 34.3 Å². The van der Waals surface area contributed by atoms with Gasteiger partial charge in [-0.1, -0.05) is 0 Å². The van der Waals surface area contributed by atoms with Gasteiger partial charge in [-0.15, -0.1) is 0 Å². The molecule has 1 N–H and O–H groups in total. The van der Waals surface area contributed by atoms with E-state index in [1.807, 2.05) is 13.0 Å². The molecule has 2 aromatic heterocycles. The van der Waals surface area contributed by atoms with Crippen LogP contribution in [0.15, 0.2) is 24.4 Å². The third-order valence-corrected chi connectivity index (χ3v) is 5.95. The lowest BCUT2D eigenvalue weighted by Gasteiger charge is -2.40. The van der Waals surface area contributed by atoms with Crippen molar-refractivity contribution in [3.05, 3.63) is 41.6 Å². The van der Waals surface area contributed by atoms with Gasteiger partial charge >= 0.3 is 0 Å². The first-order valence-electron chi connectivity index (χ1n) is 9.86. The van der Waals surface area contributed by atoms with Crippen LogP contribution >= 0.6 is 0 Å². The van der Waals surface area contributed by atoms with E-state index < -0.39 is 0 Å². The standard InChI is InChI=1S/C21H30N6O/c1-14-22-21(24-23-14)17-8-9-27(13-20(17)25(2)3)12-15-11-26(4)19-7-6-16(28-5)10-18(15)19/h6-7,10-11,17,20H,8-9,12-13H2,1-5H3,(H,22,23,24)/t17-,20+/m0/s1. The van der Waals surface area contributed by atoms with Crippen molar-refractivity contribution in [3.8, 4) is 5.75 Å². The van der Waals surface area contributed by atoms with Crippen LogP contribution in [0.5, 0.6) is 5.75 Å². The van der Waals surface area contributed by atoms with E-state index in [1.54, 1.807) is 7.11 Å². The highest BCUT2D eigenvalue weighted by molar-refractivity contribution is 5.85. The molecule has 7 heteroatoms. The van der Waals surface area contributed by atoms with Gasteiger partial charge in [-0.2, -0.15) is 5.10 Å². The average Bonchev–Trinajstić information content (AvgIpc) is 3.25. The second-order valence-corrected chi connectivity index (χ2v) is 8.09. The summed E-state index contributed by atoms with van der Waals surface area (Å²) in [5.74, 6) is 3.11. The summed E-state index contributed by atoms with van der Waals surface area (Å²) in [6.07, 6.45) is 3.31. The Morgan fingerprint density at radius 3 is 2.82 bits per heavy atom. The maximum absolute atomic E-state index is 5.44. The highest BCUT2D eigenvalue weighted by atomic mass is 16.5. The molecule has 1 aromatic carbocycles. The zero-order valence-electron chi connectivity index (χ0n) is 17.4. The van der Waals surface area contributed by atoms with Gasteiger partial charge < -0.3 is 14.2 Å². The van der Waals surface area contributed by atoms with Gasteiger partial charge in [0.2, 0.25) is 0 Å². The molecule has 150 valence electrons. The number of H-pyrrole nitrogens is 1. The zero-order chi connectivity index (χ0) is 19.8. The Balaban J connectivity index is 1.56. The Morgan fingerprint density at radius 2 is 2.14 bits per heavy atom. The number of likely N-dealkylation sites (N-methyl/N-ethyl adjacent to an activating group) is 1. The third-order valence-electron chi connectivity index (χ3n) is 5.95. The van der Waals surface area contributed by atoms with Crippen molar-refractivity contribution < 1.29 is 4.74 Å². The fourth-order valence-corrected chi connectivity index (χ4v) is 4.44. The van der Waals surface area contributed by atoms with Gasteiger partial charge in [-0.05, 0) is 57.7 Å². The van der Waals surface area contributed by atoms with Crippen LogP contribution in [-0.4, -0.2) is 69.9 Å². The first kappa shape index (κ1) is 19.0. The first-order valence-corrected chi connectivity index (χ1v) is 9.86. The van der Waals surface area contributed by atoms with Crippen molar-refractivity contribution in [1.82, 2.24) is 29.5 Å². The number of methoxy groups -OCH3 is 1. The molecular formula is C21H30N6O. The second-order valence-electron chi connectivity index (χ2n) is 8.09. The summed E-state index contributed by atoms with van der Waals surface area (Å²) in [6, 6.07) is 6.71. The van der Waals surface area contributed by atoms with Gasteiger partial charge in [0.15, 0.2) is 5.82 Å². The molecule has 0 saturated carbocycles. The van der Waals surface area contributed by atoms with Crippen LogP contribution in [0.25, 0.3) is 10.9 Å². The van der Waals surface area contributed by atoms with E-state index >= 15 is 0 Å². The van der Waals surface area contributed by atoms with Crippen molar-refractivity contribution in [1.29, 1.82) is 0 Å². The lowest BCUT2D eigenvalue weighted by molar-refractivity contribution is 0.105. The Hall–Kier alpha value is -2.38. The normalized spacial score (nSPS) is 20.9. The van der Waals surface area contributed by atoms with E-state index in [9.17, 15) is 0 Å². The largest absolute Gasteiger partial charge is 0.497 e. The number of hydrogen-bond acceptors (Lipinski definition) is 5. The molecule has 0 amide bonds. The first-order chi connectivity index (χ1) is 13.5. The Bertz CT molecular complexity index is 959. The van der Waals surface area contributed by atoms with Crippen molar-refractivity contribution in [2.24, 2.45) is 7.05 Å². The minimum absolute atomic E-state index is 0.365. The predicted octanol–water partition coefficient (Wildman–Crippen LogP) is 2.53. The Kier molecular flexibility index (Phi) is 5.12. The van der Waals surface area contributed by atoms with E-state index in [2.05, 4.69) is 69.0 Å². The summed E-state index contributed by atoms with van der Waals surface area (Å²) in [5, 5.41) is 8.72. The van der Waals surface area contributed by atoms with E-state index in [-0.39, 0.29) is 0 Å². The lowest BCUT2D eigenvalue weighted by Crippen LogP contribution is -2.49. The number of piperidine rings is 1. The summed E-state index contributed by atoms with van der Waals surface area (Å²) < 4.78 is 7.65. The monoisotopic (exact) mass is 382 g/mol.